The van der Waals surface area contributed by atoms with Crippen LogP contribution in [-0.2, 0) is 4.79 Å². The third kappa shape index (κ3) is 4.92. The molecule has 0 aliphatic rings. The van der Waals surface area contributed by atoms with E-state index in [9.17, 15) is 4.79 Å². The number of carbonyl (C=O) groups excluding carboxylic acids is 1. The van der Waals surface area contributed by atoms with Gasteiger partial charge in [-0.25, -0.2) is 15.4 Å². The van der Waals surface area contributed by atoms with Gasteiger partial charge in [0.15, 0.2) is 5.16 Å². The first-order valence-corrected chi connectivity index (χ1v) is 7.73. The zero-order valence-electron chi connectivity index (χ0n) is 12.7. The summed E-state index contributed by atoms with van der Waals surface area (Å²) in [5.41, 5.74) is 5.67. The van der Waals surface area contributed by atoms with E-state index in [1.807, 2.05) is 38.1 Å². The van der Waals surface area contributed by atoms with Gasteiger partial charge in [0.1, 0.15) is 0 Å². The molecule has 0 atom stereocenters. The molecule has 0 spiro atoms. The molecule has 0 aromatic carbocycles. The molecule has 0 fully saturated rings. The Hall–Kier alpha value is -2.28. The molecule has 1 amide bonds. The fourth-order valence-corrected chi connectivity index (χ4v) is 2.44. The molecule has 0 saturated heterocycles. The van der Waals surface area contributed by atoms with Crippen LogP contribution in [0.25, 0.3) is 0 Å². The van der Waals surface area contributed by atoms with Gasteiger partial charge in [0.2, 0.25) is 0 Å². The van der Waals surface area contributed by atoms with Crippen molar-refractivity contribution in [2.75, 3.05) is 5.75 Å². The molecule has 1 N–H and O–H groups in total. The number of rotatable bonds is 5. The highest BCUT2D eigenvalue weighted by Gasteiger charge is 2.06. The highest BCUT2D eigenvalue weighted by molar-refractivity contribution is 7.99. The number of carbonyl (C=O) groups is 1. The number of hydrazone groups is 1. The van der Waals surface area contributed by atoms with Crippen LogP contribution in [0.4, 0.5) is 0 Å². The van der Waals surface area contributed by atoms with Crippen LogP contribution in [0.5, 0.6) is 0 Å². The third-order valence-corrected chi connectivity index (χ3v) is 3.53. The molecular formula is C15H17N5OS. The normalized spacial score (nSPS) is 11.3. The summed E-state index contributed by atoms with van der Waals surface area (Å²) in [6.45, 7) is 5.60. The van der Waals surface area contributed by atoms with E-state index in [2.05, 4.69) is 25.5 Å². The van der Waals surface area contributed by atoms with Gasteiger partial charge < -0.3 is 0 Å². The monoisotopic (exact) mass is 315 g/mol. The summed E-state index contributed by atoms with van der Waals surface area (Å²) < 4.78 is 0. The van der Waals surface area contributed by atoms with E-state index in [1.165, 1.54) is 11.8 Å². The minimum atomic E-state index is -0.206. The van der Waals surface area contributed by atoms with E-state index >= 15 is 0 Å². The average molecular weight is 315 g/mol. The van der Waals surface area contributed by atoms with Gasteiger partial charge in [0.05, 0.1) is 17.2 Å². The minimum Gasteiger partial charge on any atom is -0.272 e. The van der Waals surface area contributed by atoms with Gasteiger partial charge in [0, 0.05) is 17.6 Å². The van der Waals surface area contributed by atoms with Crippen LogP contribution < -0.4 is 5.43 Å². The molecule has 6 nitrogen and oxygen atoms in total. The smallest absolute Gasteiger partial charge is 0.250 e. The summed E-state index contributed by atoms with van der Waals surface area (Å²) in [4.78, 5) is 24.5. The summed E-state index contributed by atoms with van der Waals surface area (Å²) in [6.07, 6.45) is 1.68. The summed E-state index contributed by atoms with van der Waals surface area (Å²) in [7, 11) is 0. The quantitative estimate of drug-likeness (QED) is 0.396. The van der Waals surface area contributed by atoms with Gasteiger partial charge in [-0.3, -0.25) is 9.78 Å². The molecule has 0 aliphatic carbocycles. The molecule has 2 aromatic heterocycles. The van der Waals surface area contributed by atoms with Crippen molar-refractivity contribution in [1.29, 1.82) is 0 Å². The molecule has 114 valence electrons. The predicted molar refractivity (Wildman–Crippen MR) is 86.8 cm³/mol. The number of hydrogen-bond acceptors (Lipinski definition) is 6. The fourth-order valence-electron chi connectivity index (χ4n) is 1.70. The molecular weight excluding hydrogens is 298 g/mol. The molecule has 22 heavy (non-hydrogen) atoms. The summed E-state index contributed by atoms with van der Waals surface area (Å²) in [6, 6.07) is 7.43. The van der Waals surface area contributed by atoms with Crippen molar-refractivity contribution < 1.29 is 4.79 Å². The van der Waals surface area contributed by atoms with Crippen molar-refractivity contribution in [3.63, 3.8) is 0 Å². The molecule has 2 rings (SSSR count). The number of nitrogens with zero attached hydrogens (tertiary/aromatic N) is 4. The number of nitrogens with one attached hydrogen (secondary N) is 1. The summed E-state index contributed by atoms with van der Waals surface area (Å²) in [5, 5.41) is 4.64. The number of aromatic nitrogens is 3. The second-order valence-electron chi connectivity index (χ2n) is 4.67. The van der Waals surface area contributed by atoms with Crippen LogP contribution in [0.3, 0.4) is 0 Å². The van der Waals surface area contributed by atoms with E-state index in [-0.39, 0.29) is 11.7 Å². The van der Waals surface area contributed by atoms with Gasteiger partial charge in [-0.1, -0.05) is 17.8 Å². The number of pyridine rings is 1. The fraction of sp³-hybridized carbons (Fsp3) is 0.267. The second kappa shape index (κ2) is 7.65. The number of thioether (sulfide) groups is 1. The maximum Gasteiger partial charge on any atom is 0.250 e. The van der Waals surface area contributed by atoms with E-state index in [0.29, 0.717) is 10.9 Å². The lowest BCUT2D eigenvalue weighted by Gasteiger charge is -2.03. The molecule has 0 unspecified atom stereocenters. The SMILES string of the molecule is CC(=NNC(=O)CSc1nc(C)cc(C)n1)c1ccccn1. The highest BCUT2D eigenvalue weighted by Crippen LogP contribution is 2.13. The average Bonchev–Trinajstić information content (AvgIpc) is 2.50. The Kier molecular flexibility index (Phi) is 5.60. The van der Waals surface area contributed by atoms with Crippen molar-refractivity contribution in [3.8, 4) is 0 Å². The number of amides is 1. The Balaban J connectivity index is 1.88. The standard InChI is InChI=1S/C15H17N5OS/c1-10-8-11(2)18-15(17-10)22-9-14(21)20-19-12(3)13-6-4-5-7-16-13/h4-8H,9H2,1-3H3,(H,20,21). The van der Waals surface area contributed by atoms with Gasteiger partial charge in [0.25, 0.3) is 5.91 Å². The van der Waals surface area contributed by atoms with Crippen molar-refractivity contribution in [2.45, 2.75) is 25.9 Å². The summed E-state index contributed by atoms with van der Waals surface area (Å²) >= 11 is 1.29. The number of hydrogen-bond donors (Lipinski definition) is 1. The first kappa shape index (κ1) is 16.1. The van der Waals surface area contributed by atoms with E-state index in [1.54, 1.807) is 13.1 Å². The zero-order chi connectivity index (χ0) is 15.9. The number of aryl methyl sites for hydroxylation is 2. The van der Waals surface area contributed by atoms with E-state index in [4.69, 9.17) is 0 Å². The Morgan fingerprint density at radius 3 is 2.64 bits per heavy atom. The Morgan fingerprint density at radius 2 is 2.00 bits per heavy atom. The van der Waals surface area contributed by atoms with Crippen LogP contribution in [0, 0.1) is 13.8 Å². The van der Waals surface area contributed by atoms with E-state index in [0.717, 1.165) is 17.1 Å². The van der Waals surface area contributed by atoms with Crippen molar-refractivity contribution in [2.24, 2.45) is 5.10 Å². The maximum atomic E-state index is 11.8. The zero-order valence-corrected chi connectivity index (χ0v) is 13.5. The molecule has 2 heterocycles. The Bertz CT molecular complexity index is 667. The largest absolute Gasteiger partial charge is 0.272 e. The lowest BCUT2D eigenvalue weighted by molar-refractivity contribution is -0.118. The Morgan fingerprint density at radius 1 is 1.27 bits per heavy atom. The van der Waals surface area contributed by atoms with Crippen LogP contribution in [0.1, 0.15) is 24.0 Å². The molecule has 7 heteroatoms. The molecule has 0 radical (unpaired) electrons. The molecule has 0 saturated carbocycles. The topological polar surface area (TPSA) is 80.1 Å². The maximum absolute atomic E-state index is 11.8. The predicted octanol–water partition coefficient (Wildman–Crippen LogP) is 2.12. The molecule has 0 bridgehead atoms. The van der Waals surface area contributed by atoms with Gasteiger partial charge in [-0.15, -0.1) is 0 Å². The van der Waals surface area contributed by atoms with Crippen LogP contribution in [-0.4, -0.2) is 32.3 Å². The van der Waals surface area contributed by atoms with Crippen LogP contribution in [0.15, 0.2) is 40.7 Å². The van der Waals surface area contributed by atoms with Crippen LogP contribution in [0.2, 0.25) is 0 Å². The first-order chi connectivity index (χ1) is 10.5. The minimum absolute atomic E-state index is 0.206. The van der Waals surface area contributed by atoms with Crippen molar-refractivity contribution in [3.05, 3.63) is 47.5 Å². The summed E-state index contributed by atoms with van der Waals surface area (Å²) in [5.74, 6) is 0.00469. The third-order valence-electron chi connectivity index (χ3n) is 2.68. The molecule has 2 aromatic rings. The second-order valence-corrected chi connectivity index (χ2v) is 5.61. The van der Waals surface area contributed by atoms with Gasteiger partial charge in [-0.05, 0) is 39.0 Å². The van der Waals surface area contributed by atoms with E-state index < -0.39 is 0 Å². The van der Waals surface area contributed by atoms with Crippen molar-refractivity contribution >= 4 is 23.4 Å². The van der Waals surface area contributed by atoms with Gasteiger partial charge >= 0.3 is 0 Å². The van der Waals surface area contributed by atoms with Gasteiger partial charge in [-0.2, -0.15) is 5.10 Å². The van der Waals surface area contributed by atoms with Crippen molar-refractivity contribution in [1.82, 2.24) is 20.4 Å². The lowest BCUT2D eigenvalue weighted by atomic mass is 10.3. The lowest BCUT2D eigenvalue weighted by Crippen LogP contribution is -2.21. The Labute approximate surface area is 133 Å². The van der Waals surface area contributed by atoms with Crippen LogP contribution >= 0.6 is 11.8 Å². The first-order valence-electron chi connectivity index (χ1n) is 6.74. The molecule has 0 aliphatic heterocycles. The highest BCUT2D eigenvalue weighted by atomic mass is 32.2.